The molecule has 1 saturated heterocycles. The highest BCUT2D eigenvalue weighted by Gasteiger charge is 2.26. The SMILES string of the molecule is Cc1nc2ccccc2n1CC(=O)N1CCC[C@H](c2ccncn2)C1. The Morgan fingerprint density at radius 1 is 1.28 bits per heavy atom. The molecule has 1 aromatic carbocycles. The van der Waals surface area contributed by atoms with Crippen LogP contribution in [0, 0.1) is 6.92 Å². The van der Waals surface area contributed by atoms with E-state index in [1.807, 2.05) is 46.7 Å². The molecule has 25 heavy (non-hydrogen) atoms. The van der Waals surface area contributed by atoms with E-state index in [1.54, 1.807) is 12.5 Å². The third-order valence-corrected chi connectivity index (χ3v) is 4.94. The molecular weight excluding hydrogens is 314 g/mol. The minimum Gasteiger partial charge on any atom is -0.340 e. The topological polar surface area (TPSA) is 63.9 Å². The first-order valence-electron chi connectivity index (χ1n) is 8.68. The molecule has 1 fully saturated rings. The number of imidazole rings is 1. The summed E-state index contributed by atoms with van der Waals surface area (Å²) in [5.41, 5.74) is 2.97. The molecule has 1 atom stereocenters. The van der Waals surface area contributed by atoms with E-state index in [-0.39, 0.29) is 5.91 Å². The van der Waals surface area contributed by atoms with Gasteiger partial charge in [0.05, 0.1) is 11.0 Å². The normalized spacial score (nSPS) is 17.8. The highest BCUT2D eigenvalue weighted by Crippen LogP contribution is 2.25. The van der Waals surface area contributed by atoms with Crippen LogP contribution in [0.1, 0.15) is 30.3 Å². The second kappa shape index (κ2) is 6.63. The van der Waals surface area contributed by atoms with Gasteiger partial charge < -0.3 is 9.47 Å². The number of nitrogens with zero attached hydrogens (tertiary/aromatic N) is 5. The Bertz CT molecular complexity index is 889. The van der Waals surface area contributed by atoms with Crippen LogP contribution in [0.4, 0.5) is 0 Å². The van der Waals surface area contributed by atoms with E-state index in [4.69, 9.17) is 0 Å². The summed E-state index contributed by atoms with van der Waals surface area (Å²) in [6, 6.07) is 9.90. The summed E-state index contributed by atoms with van der Waals surface area (Å²) in [5.74, 6) is 1.31. The van der Waals surface area contributed by atoms with Crippen LogP contribution < -0.4 is 0 Å². The van der Waals surface area contributed by atoms with Crippen molar-refractivity contribution in [3.63, 3.8) is 0 Å². The lowest BCUT2D eigenvalue weighted by Crippen LogP contribution is -2.41. The molecule has 1 aliphatic rings. The number of amides is 1. The molecule has 0 aliphatic carbocycles. The van der Waals surface area contributed by atoms with Crippen molar-refractivity contribution in [3.05, 3.63) is 54.4 Å². The number of piperidine rings is 1. The number of likely N-dealkylation sites (tertiary alicyclic amines) is 1. The average Bonchev–Trinajstić information content (AvgIpc) is 2.98. The predicted octanol–water partition coefficient (Wildman–Crippen LogP) is 2.54. The molecule has 0 unspecified atom stereocenters. The first-order valence-corrected chi connectivity index (χ1v) is 8.68. The fourth-order valence-corrected chi connectivity index (χ4v) is 3.62. The zero-order valence-corrected chi connectivity index (χ0v) is 14.3. The summed E-state index contributed by atoms with van der Waals surface area (Å²) in [4.78, 5) is 27.7. The van der Waals surface area contributed by atoms with Crippen LogP contribution in [0.15, 0.2) is 42.9 Å². The van der Waals surface area contributed by atoms with Crippen LogP contribution in [0.25, 0.3) is 11.0 Å². The van der Waals surface area contributed by atoms with Crippen molar-refractivity contribution in [2.75, 3.05) is 13.1 Å². The second-order valence-corrected chi connectivity index (χ2v) is 6.55. The van der Waals surface area contributed by atoms with E-state index in [1.165, 1.54) is 0 Å². The van der Waals surface area contributed by atoms with E-state index in [9.17, 15) is 4.79 Å². The quantitative estimate of drug-likeness (QED) is 0.738. The van der Waals surface area contributed by atoms with Gasteiger partial charge in [0.25, 0.3) is 0 Å². The third-order valence-electron chi connectivity index (χ3n) is 4.94. The number of fused-ring (bicyclic) bond motifs is 1. The smallest absolute Gasteiger partial charge is 0.242 e. The van der Waals surface area contributed by atoms with Crippen LogP contribution in [0.5, 0.6) is 0 Å². The van der Waals surface area contributed by atoms with Crippen molar-refractivity contribution in [2.45, 2.75) is 32.2 Å². The van der Waals surface area contributed by atoms with Gasteiger partial charge in [-0.25, -0.2) is 15.0 Å². The van der Waals surface area contributed by atoms with Crippen molar-refractivity contribution in [3.8, 4) is 0 Å². The van der Waals surface area contributed by atoms with E-state index >= 15 is 0 Å². The Hall–Kier alpha value is -2.76. The molecule has 0 saturated carbocycles. The lowest BCUT2D eigenvalue weighted by atomic mass is 9.94. The summed E-state index contributed by atoms with van der Waals surface area (Å²) >= 11 is 0. The first kappa shape index (κ1) is 15.7. The van der Waals surface area contributed by atoms with Gasteiger partial charge >= 0.3 is 0 Å². The number of hydrogen-bond acceptors (Lipinski definition) is 4. The van der Waals surface area contributed by atoms with Crippen molar-refractivity contribution in [1.29, 1.82) is 0 Å². The van der Waals surface area contributed by atoms with E-state index in [0.29, 0.717) is 12.5 Å². The third kappa shape index (κ3) is 3.12. The number of carbonyl (C=O) groups is 1. The van der Waals surface area contributed by atoms with E-state index in [2.05, 4.69) is 15.0 Å². The molecule has 3 aromatic rings. The molecule has 2 aromatic heterocycles. The van der Waals surface area contributed by atoms with Gasteiger partial charge in [0.15, 0.2) is 0 Å². The minimum absolute atomic E-state index is 0.144. The van der Waals surface area contributed by atoms with E-state index in [0.717, 1.165) is 48.5 Å². The predicted molar refractivity (Wildman–Crippen MR) is 95.1 cm³/mol. The fraction of sp³-hybridized carbons (Fsp3) is 0.368. The van der Waals surface area contributed by atoms with Crippen LogP contribution in [-0.2, 0) is 11.3 Å². The van der Waals surface area contributed by atoms with Crippen molar-refractivity contribution in [2.24, 2.45) is 0 Å². The van der Waals surface area contributed by atoms with Crippen LogP contribution in [-0.4, -0.2) is 43.4 Å². The molecule has 0 N–H and O–H groups in total. The monoisotopic (exact) mass is 335 g/mol. The van der Waals surface area contributed by atoms with Gasteiger partial charge in [-0.2, -0.15) is 0 Å². The molecule has 128 valence electrons. The lowest BCUT2D eigenvalue weighted by molar-refractivity contribution is -0.133. The molecule has 0 bridgehead atoms. The molecular formula is C19H21N5O. The summed E-state index contributed by atoms with van der Waals surface area (Å²) in [6.45, 7) is 3.82. The maximum atomic E-state index is 12.9. The van der Waals surface area contributed by atoms with Crippen LogP contribution in [0.3, 0.4) is 0 Å². The van der Waals surface area contributed by atoms with Gasteiger partial charge in [-0.3, -0.25) is 4.79 Å². The Labute approximate surface area is 146 Å². The molecule has 1 amide bonds. The summed E-state index contributed by atoms with van der Waals surface area (Å²) in [5, 5.41) is 0. The molecule has 6 heteroatoms. The number of aromatic nitrogens is 4. The van der Waals surface area contributed by atoms with E-state index < -0.39 is 0 Å². The summed E-state index contributed by atoms with van der Waals surface area (Å²) < 4.78 is 2.01. The Morgan fingerprint density at radius 3 is 3.00 bits per heavy atom. The van der Waals surface area contributed by atoms with Crippen molar-refractivity contribution in [1.82, 2.24) is 24.4 Å². The Morgan fingerprint density at radius 2 is 2.16 bits per heavy atom. The maximum Gasteiger partial charge on any atom is 0.242 e. The minimum atomic E-state index is 0.144. The van der Waals surface area contributed by atoms with Gasteiger partial charge in [-0.1, -0.05) is 12.1 Å². The zero-order valence-electron chi connectivity index (χ0n) is 14.3. The lowest BCUT2D eigenvalue weighted by Gasteiger charge is -2.32. The largest absolute Gasteiger partial charge is 0.340 e. The number of benzene rings is 1. The maximum absolute atomic E-state index is 12.9. The Kier molecular flexibility index (Phi) is 4.17. The highest BCUT2D eigenvalue weighted by molar-refractivity contribution is 5.81. The van der Waals surface area contributed by atoms with Gasteiger partial charge in [0.2, 0.25) is 5.91 Å². The fourth-order valence-electron chi connectivity index (χ4n) is 3.62. The summed E-state index contributed by atoms with van der Waals surface area (Å²) in [7, 11) is 0. The first-order chi connectivity index (χ1) is 12.2. The van der Waals surface area contributed by atoms with Gasteiger partial charge in [0.1, 0.15) is 18.7 Å². The highest BCUT2D eigenvalue weighted by atomic mass is 16.2. The van der Waals surface area contributed by atoms with Gasteiger partial charge in [0, 0.05) is 30.9 Å². The van der Waals surface area contributed by atoms with Crippen LogP contribution in [0.2, 0.25) is 0 Å². The van der Waals surface area contributed by atoms with Gasteiger partial charge in [-0.15, -0.1) is 0 Å². The Balaban J connectivity index is 1.51. The molecule has 1 aliphatic heterocycles. The molecule has 0 radical (unpaired) electrons. The molecule has 3 heterocycles. The zero-order chi connectivity index (χ0) is 17.2. The number of aryl methyl sites for hydroxylation is 1. The second-order valence-electron chi connectivity index (χ2n) is 6.55. The number of carbonyl (C=O) groups excluding carboxylic acids is 1. The number of rotatable bonds is 3. The molecule has 4 rings (SSSR count). The van der Waals surface area contributed by atoms with Gasteiger partial charge in [-0.05, 0) is 38.0 Å². The van der Waals surface area contributed by atoms with Crippen molar-refractivity contribution < 1.29 is 4.79 Å². The van der Waals surface area contributed by atoms with Crippen molar-refractivity contribution >= 4 is 16.9 Å². The number of hydrogen-bond donors (Lipinski definition) is 0. The number of para-hydroxylation sites is 2. The standard InChI is InChI=1S/C19H21N5O/c1-14-22-17-6-2-3-7-18(17)24(14)12-19(25)23-10-4-5-15(11-23)16-8-9-20-13-21-16/h2-3,6-9,13,15H,4-5,10-12H2,1H3/t15-/m0/s1. The average molecular weight is 335 g/mol. The molecule has 0 spiro atoms. The summed E-state index contributed by atoms with van der Waals surface area (Å²) in [6.07, 6.45) is 5.42. The molecule has 6 nitrogen and oxygen atoms in total. The van der Waals surface area contributed by atoms with Crippen LogP contribution >= 0.6 is 0 Å².